The van der Waals surface area contributed by atoms with E-state index in [2.05, 4.69) is 0 Å². The first kappa shape index (κ1) is 9.00. The minimum atomic E-state index is -0.169. The van der Waals surface area contributed by atoms with E-state index in [0.29, 0.717) is 13.2 Å². The van der Waals surface area contributed by atoms with E-state index in [9.17, 15) is 4.79 Å². The van der Waals surface area contributed by atoms with Gasteiger partial charge in [0, 0.05) is 0 Å². The maximum Gasteiger partial charge on any atom is 0.367 e. The van der Waals surface area contributed by atoms with Crippen LogP contribution in [0, 0.1) is 0 Å². The Balaban J connectivity index is 2.27. The molecule has 3 nitrogen and oxygen atoms in total. The molecule has 12 heavy (non-hydrogen) atoms. The number of rotatable bonds is 3. The number of hydrogen-bond donors (Lipinski definition) is 0. The summed E-state index contributed by atoms with van der Waals surface area (Å²) in [5, 5.41) is 0. The Morgan fingerprint density at radius 1 is 1.58 bits per heavy atom. The lowest BCUT2D eigenvalue weighted by molar-refractivity contribution is -0.142. The highest BCUT2D eigenvalue weighted by Crippen LogP contribution is 1.94. The van der Waals surface area contributed by atoms with Crippen molar-refractivity contribution in [2.75, 3.05) is 19.7 Å². The summed E-state index contributed by atoms with van der Waals surface area (Å²) in [5.41, 5.74) is 0. The maximum absolute atomic E-state index is 11.0. The van der Waals surface area contributed by atoms with Gasteiger partial charge in [0.25, 0.3) is 0 Å². The predicted molar refractivity (Wildman–Crippen MR) is 46.8 cm³/mol. The van der Waals surface area contributed by atoms with E-state index >= 15 is 0 Å². The van der Waals surface area contributed by atoms with Gasteiger partial charge in [0.2, 0.25) is 6.54 Å². The van der Waals surface area contributed by atoms with Crippen LogP contribution in [0.1, 0.15) is 6.92 Å². The highest BCUT2D eigenvalue weighted by molar-refractivity contribution is 5.72. The lowest BCUT2D eigenvalue weighted by atomic mass is 10.3. The fraction of sp³-hybridized carbons (Fsp3) is 0.444. The predicted octanol–water partition coefficient (Wildman–Crippen LogP) is 0.773. The van der Waals surface area contributed by atoms with Crippen molar-refractivity contribution in [3.63, 3.8) is 0 Å². The Morgan fingerprint density at radius 2 is 2.42 bits per heavy atom. The molecule has 1 aliphatic rings. The Bertz CT molecular complexity index is 209. The topological polar surface area (TPSA) is 32.2 Å². The van der Waals surface area contributed by atoms with E-state index in [1.165, 1.54) is 0 Å². The third kappa shape index (κ3) is 2.88. The van der Waals surface area contributed by atoms with Crippen molar-refractivity contribution in [1.82, 2.24) is 4.90 Å². The van der Waals surface area contributed by atoms with Crippen molar-refractivity contribution in [1.29, 1.82) is 0 Å². The molecular weight excluding hydrogens is 154 g/mol. The molecule has 1 radical (unpaired) electrons. The Morgan fingerprint density at radius 3 is 3.00 bits per heavy atom. The van der Waals surface area contributed by atoms with E-state index in [0.717, 1.165) is 6.54 Å². The van der Waals surface area contributed by atoms with Crippen LogP contribution in [0.25, 0.3) is 0 Å². The van der Waals surface area contributed by atoms with Crippen molar-refractivity contribution in [2.45, 2.75) is 6.92 Å². The zero-order valence-electron chi connectivity index (χ0n) is 7.19. The Hall–Kier alpha value is -1.09. The van der Waals surface area contributed by atoms with E-state index < -0.39 is 0 Å². The van der Waals surface area contributed by atoms with Gasteiger partial charge in [-0.15, -0.1) is 4.90 Å². The first-order valence-electron chi connectivity index (χ1n) is 4.06. The van der Waals surface area contributed by atoms with Crippen LogP contribution in [0.4, 0.5) is 0 Å². The number of hydrogen-bond acceptors (Lipinski definition) is 3. The van der Waals surface area contributed by atoms with Crippen LogP contribution in [-0.4, -0.2) is 25.7 Å². The summed E-state index contributed by atoms with van der Waals surface area (Å²) in [6.07, 6.45) is 7.75. The van der Waals surface area contributed by atoms with Gasteiger partial charge < -0.3 is 4.74 Å². The zero-order chi connectivity index (χ0) is 8.81. The van der Waals surface area contributed by atoms with Gasteiger partial charge >= 0.3 is 5.97 Å². The summed E-state index contributed by atoms with van der Waals surface area (Å²) in [4.78, 5) is 12.9. The second-order valence-corrected chi connectivity index (χ2v) is 2.50. The molecule has 0 atom stereocenters. The first-order chi connectivity index (χ1) is 5.83. The number of ether oxygens (including phenoxy) is 1. The molecular formula is C9H13NO2+. The first-order valence-corrected chi connectivity index (χ1v) is 4.06. The van der Waals surface area contributed by atoms with E-state index in [1.807, 2.05) is 36.3 Å². The highest BCUT2D eigenvalue weighted by Gasteiger charge is 2.17. The molecule has 65 valence electrons. The van der Waals surface area contributed by atoms with Crippen molar-refractivity contribution in [2.24, 2.45) is 0 Å². The number of nitrogens with zero attached hydrogens (tertiary/aromatic N) is 1. The summed E-state index contributed by atoms with van der Waals surface area (Å²) in [6.45, 7) is 3.39. The average Bonchev–Trinajstić information content (AvgIpc) is 2.06. The van der Waals surface area contributed by atoms with Crippen molar-refractivity contribution in [3.05, 3.63) is 24.4 Å². The Labute approximate surface area is 72.3 Å². The second kappa shape index (κ2) is 4.72. The molecule has 0 unspecified atom stereocenters. The molecule has 1 heterocycles. The number of carbonyl (C=O) groups excluding carboxylic acids is 1. The summed E-state index contributed by atoms with van der Waals surface area (Å²) in [6, 6.07) is 0. The van der Waals surface area contributed by atoms with Gasteiger partial charge in [0.15, 0.2) is 0 Å². The molecule has 0 fully saturated rings. The third-order valence-corrected chi connectivity index (χ3v) is 1.52. The molecule has 3 heteroatoms. The third-order valence-electron chi connectivity index (χ3n) is 1.52. The summed E-state index contributed by atoms with van der Waals surface area (Å²) in [5.74, 6) is -0.169. The molecule has 0 saturated carbocycles. The Kier molecular flexibility index (Phi) is 3.54. The number of esters is 1. The SMILES string of the molecule is CCOC(=O)C[N+]1C=CC=CC1. The fourth-order valence-corrected chi connectivity index (χ4v) is 0.997. The lowest BCUT2D eigenvalue weighted by Gasteiger charge is -2.06. The molecule has 0 bridgehead atoms. The van der Waals surface area contributed by atoms with Crippen LogP contribution in [-0.2, 0) is 9.53 Å². The number of carbonyl (C=O) groups is 1. The monoisotopic (exact) mass is 167 g/mol. The van der Waals surface area contributed by atoms with E-state index in [1.54, 1.807) is 0 Å². The highest BCUT2D eigenvalue weighted by atomic mass is 16.5. The molecule has 1 rings (SSSR count). The van der Waals surface area contributed by atoms with Crippen molar-refractivity contribution >= 4 is 5.97 Å². The van der Waals surface area contributed by atoms with Gasteiger partial charge in [-0.25, -0.2) is 4.79 Å². The minimum absolute atomic E-state index is 0.169. The van der Waals surface area contributed by atoms with Crippen LogP contribution in [0.2, 0.25) is 0 Å². The lowest BCUT2D eigenvalue weighted by Crippen LogP contribution is -2.32. The normalized spacial score (nSPS) is 16.4. The van der Waals surface area contributed by atoms with E-state index in [-0.39, 0.29) is 5.97 Å². The molecule has 0 saturated heterocycles. The van der Waals surface area contributed by atoms with Gasteiger partial charge in [0.05, 0.1) is 6.61 Å². The second-order valence-electron chi connectivity index (χ2n) is 2.50. The maximum atomic E-state index is 11.0. The zero-order valence-corrected chi connectivity index (χ0v) is 7.19. The van der Waals surface area contributed by atoms with E-state index in [4.69, 9.17) is 4.74 Å². The van der Waals surface area contributed by atoms with Crippen molar-refractivity contribution in [3.8, 4) is 0 Å². The smallest absolute Gasteiger partial charge is 0.367 e. The standard InChI is InChI=1S/C9H13NO2/c1-2-12-9(11)8-10-6-4-3-5-7-10/h3-6H,2,7-8H2,1H3/q+1. The van der Waals surface area contributed by atoms with Gasteiger partial charge in [-0.3, -0.25) is 0 Å². The van der Waals surface area contributed by atoms with Gasteiger partial charge in [-0.05, 0) is 19.1 Å². The quantitative estimate of drug-likeness (QED) is 0.459. The van der Waals surface area contributed by atoms with Gasteiger partial charge in [0.1, 0.15) is 12.7 Å². The molecule has 0 aromatic heterocycles. The molecule has 0 aromatic rings. The summed E-state index contributed by atoms with van der Waals surface area (Å²) < 4.78 is 4.81. The number of allylic oxidation sites excluding steroid dienone is 2. The minimum Gasteiger partial charge on any atom is -0.462 e. The van der Waals surface area contributed by atoms with Crippen LogP contribution < -0.4 is 4.90 Å². The van der Waals surface area contributed by atoms with Gasteiger partial charge in [-0.1, -0.05) is 6.08 Å². The van der Waals surface area contributed by atoms with Crippen LogP contribution in [0.3, 0.4) is 0 Å². The van der Waals surface area contributed by atoms with Crippen molar-refractivity contribution < 1.29 is 9.53 Å². The molecule has 0 N–H and O–H groups in total. The van der Waals surface area contributed by atoms with Crippen LogP contribution in [0.15, 0.2) is 24.4 Å². The largest absolute Gasteiger partial charge is 0.462 e. The molecule has 0 amide bonds. The van der Waals surface area contributed by atoms with Gasteiger partial charge in [-0.2, -0.15) is 0 Å². The fourth-order valence-electron chi connectivity index (χ4n) is 0.997. The summed E-state index contributed by atoms with van der Waals surface area (Å²) >= 11 is 0. The molecule has 0 aromatic carbocycles. The molecule has 0 aliphatic carbocycles. The molecule has 1 aliphatic heterocycles. The summed E-state index contributed by atoms with van der Waals surface area (Å²) in [7, 11) is 0. The van der Waals surface area contributed by atoms with Crippen LogP contribution >= 0.6 is 0 Å². The average molecular weight is 167 g/mol. The molecule has 0 spiro atoms. The van der Waals surface area contributed by atoms with Crippen LogP contribution in [0.5, 0.6) is 0 Å².